The number of thioether (sulfide) groups is 1. The summed E-state index contributed by atoms with van der Waals surface area (Å²) in [5.41, 5.74) is 2.88. The summed E-state index contributed by atoms with van der Waals surface area (Å²) in [4.78, 5) is 22.6. The van der Waals surface area contributed by atoms with Crippen LogP contribution in [-0.2, 0) is 20.0 Å². The van der Waals surface area contributed by atoms with Crippen LogP contribution < -0.4 is 9.80 Å². The molecule has 2 aliphatic carbocycles. The Morgan fingerprint density at radius 3 is 1.37 bits per heavy atom. The number of rotatable bonds is 11. The molecule has 0 N–H and O–H groups in total. The van der Waals surface area contributed by atoms with E-state index in [1.807, 2.05) is 37.7 Å². The van der Waals surface area contributed by atoms with Crippen LogP contribution in [-0.4, -0.2) is 87.3 Å². The highest BCUT2D eigenvalue weighted by atomic mass is 127. The van der Waals surface area contributed by atoms with Gasteiger partial charge in [-0.25, -0.2) is 44.7 Å². The SMILES string of the molecule is CSCC1CCC(N(C)c2ncnc3c2ccn3S(=O)(=O)c2ccc(C)cc2)CC1.Cc1ccc(S(=O)(=O)n2ccc3c(N(C)C4CCC(CI)CC4)ncnc32)cc1. The van der Waals surface area contributed by atoms with Crippen LogP contribution in [0.2, 0.25) is 0 Å². The number of fused-ring (bicyclic) bond motifs is 2. The van der Waals surface area contributed by atoms with Crippen LogP contribution in [0.5, 0.6) is 0 Å². The Labute approximate surface area is 366 Å². The van der Waals surface area contributed by atoms with E-state index in [2.05, 4.69) is 72.7 Å². The molecule has 0 amide bonds. The molecule has 59 heavy (non-hydrogen) atoms. The monoisotopic (exact) mass is 968 g/mol. The largest absolute Gasteiger partial charge is 0.356 e. The number of halogens is 1. The van der Waals surface area contributed by atoms with Crippen molar-refractivity contribution in [3.63, 3.8) is 0 Å². The van der Waals surface area contributed by atoms with Crippen molar-refractivity contribution in [2.75, 3.05) is 40.3 Å². The van der Waals surface area contributed by atoms with Crippen molar-refractivity contribution in [1.82, 2.24) is 27.9 Å². The third kappa shape index (κ3) is 9.15. The van der Waals surface area contributed by atoms with E-state index in [0.29, 0.717) is 23.4 Å². The molecule has 0 unspecified atom stereocenters. The average molecular weight is 969 g/mol. The first-order valence-corrected chi connectivity index (χ1v) is 25.9. The van der Waals surface area contributed by atoms with Gasteiger partial charge >= 0.3 is 0 Å². The molecular weight excluding hydrogens is 916 g/mol. The molecule has 2 fully saturated rings. The number of alkyl halides is 1. The van der Waals surface area contributed by atoms with Crippen molar-refractivity contribution < 1.29 is 16.8 Å². The number of hydrogen-bond acceptors (Lipinski definition) is 11. The summed E-state index contributed by atoms with van der Waals surface area (Å²) in [6.45, 7) is 3.87. The number of aryl methyl sites for hydroxylation is 2. The van der Waals surface area contributed by atoms with Gasteiger partial charge in [0.1, 0.15) is 24.3 Å². The minimum absolute atomic E-state index is 0.256. The lowest BCUT2D eigenvalue weighted by atomic mass is 9.86. The number of benzene rings is 2. The normalized spacial score (nSPS) is 20.0. The first kappa shape index (κ1) is 43.4. The summed E-state index contributed by atoms with van der Waals surface area (Å²) < 4.78 is 56.4. The van der Waals surface area contributed by atoms with Crippen molar-refractivity contribution in [1.29, 1.82) is 0 Å². The summed E-state index contributed by atoms with van der Waals surface area (Å²) in [6, 6.07) is 18.2. The number of hydrogen-bond donors (Lipinski definition) is 0. The molecule has 16 heteroatoms. The molecule has 2 aromatic carbocycles. The first-order valence-electron chi connectivity index (χ1n) is 20.1. The Morgan fingerprint density at radius 2 is 1.00 bits per heavy atom. The quantitative estimate of drug-likeness (QED) is 0.0911. The molecule has 0 atom stereocenters. The van der Waals surface area contributed by atoms with Crippen LogP contribution in [0.1, 0.15) is 62.5 Å². The Morgan fingerprint density at radius 1 is 0.610 bits per heavy atom. The highest BCUT2D eigenvalue weighted by molar-refractivity contribution is 14.1. The fourth-order valence-electron chi connectivity index (χ4n) is 8.39. The molecule has 314 valence electrons. The second kappa shape index (κ2) is 18.5. The Bertz CT molecular complexity index is 2580. The molecule has 8 rings (SSSR count). The minimum Gasteiger partial charge on any atom is -0.356 e. The Kier molecular flexibility index (Phi) is 13.6. The van der Waals surface area contributed by atoms with Gasteiger partial charge in [0, 0.05) is 43.0 Å². The van der Waals surface area contributed by atoms with Gasteiger partial charge in [-0.1, -0.05) is 58.0 Å². The lowest BCUT2D eigenvalue weighted by Gasteiger charge is -2.35. The number of nitrogens with zero attached hydrogens (tertiary/aromatic N) is 8. The van der Waals surface area contributed by atoms with Crippen LogP contribution in [0.15, 0.2) is 95.5 Å². The zero-order valence-electron chi connectivity index (χ0n) is 34.3. The Hall–Kier alpha value is -3.74. The maximum Gasteiger partial charge on any atom is 0.269 e. The standard InChI is InChI=1S/C22H28N4O2S2.C21H25IN4O2S/c1-16-4-10-19(11-5-16)30(27,28)26-13-12-20-21(23-15-24-22(20)26)25(2)18-8-6-17(7-9-18)14-29-3;1-15-3-9-18(10-4-15)29(27,28)26-12-11-19-20(23-14-24-21(19)26)25(2)17-7-5-16(13-22)6-8-17/h4-5,10-13,15,17-18H,6-9,14H2,1-3H3;3-4,9-12,14,16-17H,5-8,13H2,1-2H3. The molecule has 0 saturated heterocycles. The maximum absolute atomic E-state index is 13.2. The van der Waals surface area contributed by atoms with Crippen LogP contribution in [0.25, 0.3) is 22.1 Å². The van der Waals surface area contributed by atoms with Gasteiger partial charge in [-0.2, -0.15) is 11.8 Å². The van der Waals surface area contributed by atoms with Crippen LogP contribution in [0, 0.1) is 25.7 Å². The van der Waals surface area contributed by atoms with E-state index < -0.39 is 20.0 Å². The lowest BCUT2D eigenvalue weighted by molar-refractivity contribution is 0.344. The third-order valence-electron chi connectivity index (χ3n) is 12.0. The van der Waals surface area contributed by atoms with E-state index in [-0.39, 0.29) is 9.79 Å². The highest BCUT2D eigenvalue weighted by Gasteiger charge is 2.29. The summed E-state index contributed by atoms with van der Waals surface area (Å²) in [5, 5.41) is 1.53. The predicted octanol–water partition coefficient (Wildman–Crippen LogP) is 8.74. The van der Waals surface area contributed by atoms with E-state index in [9.17, 15) is 16.8 Å². The molecular formula is C43H53IN8O4S3. The number of anilines is 2. The van der Waals surface area contributed by atoms with Gasteiger partial charge in [0.2, 0.25) is 0 Å². The highest BCUT2D eigenvalue weighted by Crippen LogP contribution is 2.35. The lowest BCUT2D eigenvalue weighted by Crippen LogP contribution is -2.36. The predicted molar refractivity (Wildman–Crippen MR) is 248 cm³/mol. The molecule has 2 aliphatic rings. The topological polar surface area (TPSA) is 136 Å². The fraction of sp³-hybridized carbons (Fsp3) is 0.442. The molecule has 6 aromatic rings. The van der Waals surface area contributed by atoms with Crippen molar-refractivity contribution in [2.45, 2.75) is 87.1 Å². The van der Waals surface area contributed by atoms with E-state index >= 15 is 0 Å². The summed E-state index contributed by atoms with van der Waals surface area (Å²) in [6.07, 6.45) is 17.7. The smallest absolute Gasteiger partial charge is 0.269 e. The van der Waals surface area contributed by atoms with Crippen molar-refractivity contribution in [2.24, 2.45) is 11.8 Å². The molecule has 0 radical (unpaired) electrons. The zero-order valence-corrected chi connectivity index (χ0v) is 38.9. The van der Waals surface area contributed by atoms with Gasteiger partial charge in [0.15, 0.2) is 11.3 Å². The van der Waals surface area contributed by atoms with E-state index in [0.717, 1.165) is 71.1 Å². The number of aromatic nitrogens is 6. The molecule has 0 bridgehead atoms. The summed E-state index contributed by atoms with van der Waals surface area (Å²) >= 11 is 4.40. The van der Waals surface area contributed by atoms with Crippen LogP contribution in [0.3, 0.4) is 0 Å². The molecule has 12 nitrogen and oxygen atoms in total. The third-order valence-corrected chi connectivity index (χ3v) is 17.4. The van der Waals surface area contributed by atoms with Gasteiger partial charge in [0.25, 0.3) is 20.0 Å². The van der Waals surface area contributed by atoms with Gasteiger partial charge in [-0.3, -0.25) is 0 Å². The van der Waals surface area contributed by atoms with Gasteiger partial charge in [-0.05, 0) is 125 Å². The average Bonchev–Trinajstić information content (AvgIpc) is 3.91. The van der Waals surface area contributed by atoms with Crippen LogP contribution >= 0.6 is 34.4 Å². The van der Waals surface area contributed by atoms with Crippen molar-refractivity contribution in [3.05, 3.63) is 96.8 Å². The van der Waals surface area contributed by atoms with Gasteiger partial charge in [0.05, 0.1) is 20.6 Å². The Balaban J connectivity index is 0.000000179. The summed E-state index contributed by atoms with van der Waals surface area (Å²) in [7, 11) is -3.30. The van der Waals surface area contributed by atoms with Gasteiger partial charge in [-0.15, -0.1) is 0 Å². The molecule has 4 aromatic heterocycles. The minimum atomic E-state index is -3.71. The van der Waals surface area contributed by atoms with E-state index in [1.165, 1.54) is 56.5 Å². The fourth-order valence-corrected chi connectivity index (χ4v) is 12.7. The summed E-state index contributed by atoms with van der Waals surface area (Å²) in [5.74, 6) is 4.44. The molecule has 4 heterocycles. The van der Waals surface area contributed by atoms with E-state index in [1.54, 1.807) is 60.9 Å². The zero-order chi connectivity index (χ0) is 41.9. The molecule has 0 aliphatic heterocycles. The van der Waals surface area contributed by atoms with Crippen molar-refractivity contribution >= 4 is 88.1 Å². The van der Waals surface area contributed by atoms with Crippen molar-refractivity contribution in [3.8, 4) is 0 Å². The van der Waals surface area contributed by atoms with Gasteiger partial charge < -0.3 is 9.80 Å². The molecule has 0 spiro atoms. The van der Waals surface area contributed by atoms with Crippen LogP contribution in [0.4, 0.5) is 11.6 Å². The van der Waals surface area contributed by atoms with E-state index in [4.69, 9.17) is 0 Å². The second-order valence-corrected chi connectivity index (χ2v) is 21.3. The molecule has 2 saturated carbocycles. The second-order valence-electron chi connectivity index (χ2n) is 15.9. The maximum atomic E-state index is 13.2. The first-order chi connectivity index (χ1) is 28.3.